The number of anilines is 1. The molecule has 132 valence electrons. The van der Waals surface area contributed by atoms with Crippen LogP contribution < -0.4 is 10.1 Å². The number of amides is 1. The zero-order valence-corrected chi connectivity index (χ0v) is 15.0. The maximum atomic E-state index is 12.8. The monoisotopic (exact) mass is 338 g/mol. The molecule has 0 saturated carbocycles. The molecule has 0 radical (unpaired) electrons. The van der Waals surface area contributed by atoms with E-state index in [1.165, 1.54) is 12.8 Å². The second kappa shape index (κ2) is 8.06. The number of carbonyl (C=O) groups is 1. The SMILES string of the molecule is CCCCCOc1cccc(C2Nc3ccccc3C(=O)N2CC)c1. The lowest BCUT2D eigenvalue weighted by Gasteiger charge is -2.37. The first-order chi connectivity index (χ1) is 12.2. The average Bonchev–Trinajstić information content (AvgIpc) is 2.65. The van der Waals surface area contributed by atoms with E-state index in [-0.39, 0.29) is 12.1 Å². The molecule has 1 aliphatic rings. The van der Waals surface area contributed by atoms with Gasteiger partial charge >= 0.3 is 0 Å². The van der Waals surface area contributed by atoms with Crippen molar-refractivity contribution >= 4 is 11.6 Å². The van der Waals surface area contributed by atoms with Crippen LogP contribution in [0.4, 0.5) is 5.69 Å². The maximum Gasteiger partial charge on any atom is 0.257 e. The molecule has 0 fully saturated rings. The molecule has 1 heterocycles. The Kier molecular flexibility index (Phi) is 5.59. The summed E-state index contributed by atoms with van der Waals surface area (Å²) in [4.78, 5) is 14.7. The van der Waals surface area contributed by atoms with Gasteiger partial charge in [0.1, 0.15) is 11.9 Å². The first-order valence-corrected chi connectivity index (χ1v) is 9.14. The summed E-state index contributed by atoms with van der Waals surface area (Å²) in [6.07, 6.45) is 3.25. The molecule has 3 rings (SSSR count). The lowest BCUT2D eigenvalue weighted by molar-refractivity contribution is 0.0694. The molecular weight excluding hydrogens is 312 g/mol. The van der Waals surface area contributed by atoms with Gasteiger partial charge in [-0.1, -0.05) is 44.0 Å². The Bertz CT molecular complexity index is 729. The van der Waals surface area contributed by atoms with Gasteiger partial charge in [0, 0.05) is 12.2 Å². The van der Waals surface area contributed by atoms with Crippen LogP contribution in [0.2, 0.25) is 0 Å². The Labute approximate surface area is 149 Å². The van der Waals surface area contributed by atoms with E-state index in [0.29, 0.717) is 6.54 Å². The highest BCUT2D eigenvalue weighted by molar-refractivity contribution is 6.01. The summed E-state index contributed by atoms with van der Waals surface area (Å²) in [6.45, 7) is 5.57. The molecule has 1 aliphatic heterocycles. The molecular formula is C21H26N2O2. The van der Waals surface area contributed by atoms with Gasteiger partial charge in [0.05, 0.1) is 12.2 Å². The molecule has 4 heteroatoms. The van der Waals surface area contributed by atoms with Crippen LogP contribution in [0.1, 0.15) is 55.2 Å². The fraction of sp³-hybridized carbons (Fsp3) is 0.381. The number of hydrogen-bond donors (Lipinski definition) is 1. The molecule has 2 aromatic rings. The van der Waals surface area contributed by atoms with Crippen LogP contribution in [0.15, 0.2) is 48.5 Å². The molecule has 0 bridgehead atoms. The fourth-order valence-electron chi connectivity index (χ4n) is 3.20. The largest absolute Gasteiger partial charge is 0.494 e. The molecule has 0 aliphatic carbocycles. The Morgan fingerprint density at radius 3 is 2.72 bits per heavy atom. The van der Waals surface area contributed by atoms with E-state index in [1.807, 2.05) is 60.4 Å². The highest BCUT2D eigenvalue weighted by atomic mass is 16.5. The number of rotatable bonds is 7. The van der Waals surface area contributed by atoms with Crippen molar-refractivity contribution < 1.29 is 9.53 Å². The van der Waals surface area contributed by atoms with E-state index in [0.717, 1.165) is 35.6 Å². The molecule has 25 heavy (non-hydrogen) atoms. The normalized spacial score (nSPS) is 16.3. The van der Waals surface area contributed by atoms with Crippen LogP contribution in [0.5, 0.6) is 5.75 Å². The summed E-state index contributed by atoms with van der Waals surface area (Å²) in [5.74, 6) is 0.925. The number of nitrogens with zero attached hydrogens (tertiary/aromatic N) is 1. The van der Waals surface area contributed by atoms with Crippen molar-refractivity contribution in [3.63, 3.8) is 0 Å². The van der Waals surface area contributed by atoms with Crippen molar-refractivity contribution in [1.29, 1.82) is 0 Å². The summed E-state index contributed by atoms with van der Waals surface area (Å²) in [6, 6.07) is 15.7. The molecule has 1 atom stereocenters. The number of hydrogen-bond acceptors (Lipinski definition) is 3. The molecule has 0 spiro atoms. The van der Waals surface area contributed by atoms with E-state index < -0.39 is 0 Å². The van der Waals surface area contributed by atoms with Gasteiger partial charge in [0.2, 0.25) is 0 Å². The fourth-order valence-corrected chi connectivity index (χ4v) is 3.20. The van der Waals surface area contributed by atoms with E-state index >= 15 is 0 Å². The van der Waals surface area contributed by atoms with E-state index in [4.69, 9.17) is 4.74 Å². The summed E-state index contributed by atoms with van der Waals surface area (Å²) in [7, 11) is 0. The quantitative estimate of drug-likeness (QED) is 0.734. The smallest absolute Gasteiger partial charge is 0.257 e. The highest BCUT2D eigenvalue weighted by Gasteiger charge is 2.31. The van der Waals surface area contributed by atoms with Crippen molar-refractivity contribution in [2.45, 2.75) is 39.3 Å². The number of para-hydroxylation sites is 1. The van der Waals surface area contributed by atoms with E-state index in [1.54, 1.807) is 0 Å². The van der Waals surface area contributed by atoms with Crippen LogP contribution in [0, 0.1) is 0 Å². The minimum Gasteiger partial charge on any atom is -0.494 e. The van der Waals surface area contributed by atoms with E-state index in [2.05, 4.69) is 12.2 Å². The maximum absolute atomic E-state index is 12.8. The minimum atomic E-state index is -0.174. The molecule has 4 nitrogen and oxygen atoms in total. The Hall–Kier alpha value is -2.49. The van der Waals surface area contributed by atoms with Crippen molar-refractivity contribution in [3.05, 3.63) is 59.7 Å². The Morgan fingerprint density at radius 1 is 1.08 bits per heavy atom. The Morgan fingerprint density at radius 2 is 1.92 bits per heavy atom. The second-order valence-electron chi connectivity index (χ2n) is 6.31. The number of unbranched alkanes of at least 4 members (excludes halogenated alkanes) is 2. The second-order valence-corrected chi connectivity index (χ2v) is 6.31. The number of benzene rings is 2. The molecule has 1 N–H and O–H groups in total. The van der Waals surface area contributed by atoms with Gasteiger partial charge in [-0.05, 0) is 43.2 Å². The molecule has 2 aromatic carbocycles. The van der Waals surface area contributed by atoms with Gasteiger partial charge in [-0.2, -0.15) is 0 Å². The summed E-state index contributed by atoms with van der Waals surface area (Å²) < 4.78 is 5.87. The zero-order valence-electron chi connectivity index (χ0n) is 15.0. The molecule has 0 saturated heterocycles. The zero-order chi connectivity index (χ0) is 17.6. The van der Waals surface area contributed by atoms with Crippen molar-refractivity contribution in [3.8, 4) is 5.75 Å². The predicted octanol–water partition coefficient (Wildman–Crippen LogP) is 4.84. The van der Waals surface area contributed by atoms with Crippen LogP contribution in [0.25, 0.3) is 0 Å². The van der Waals surface area contributed by atoms with Crippen molar-refractivity contribution in [2.24, 2.45) is 0 Å². The van der Waals surface area contributed by atoms with Crippen LogP contribution in [-0.2, 0) is 0 Å². The van der Waals surface area contributed by atoms with Crippen molar-refractivity contribution in [2.75, 3.05) is 18.5 Å². The van der Waals surface area contributed by atoms with Gasteiger partial charge in [-0.25, -0.2) is 0 Å². The minimum absolute atomic E-state index is 0.0658. The first kappa shape index (κ1) is 17.3. The summed E-state index contributed by atoms with van der Waals surface area (Å²) in [5.41, 5.74) is 2.65. The predicted molar refractivity (Wildman–Crippen MR) is 101 cm³/mol. The lowest BCUT2D eigenvalue weighted by Crippen LogP contribution is -2.42. The third kappa shape index (κ3) is 3.78. The standard InChI is InChI=1S/C21H26N2O2/c1-3-5-8-14-25-17-11-9-10-16(15-17)20-22-19-13-7-6-12-18(19)21(24)23(20)4-2/h6-7,9-13,15,20,22H,3-5,8,14H2,1-2H3. The van der Waals surface area contributed by atoms with Crippen molar-refractivity contribution in [1.82, 2.24) is 4.90 Å². The third-order valence-corrected chi connectivity index (χ3v) is 4.55. The van der Waals surface area contributed by atoms with Crippen LogP contribution >= 0.6 is 0 Å². The first-order valence-electron chi connectivity index (χ1n) is 9.14. The van der Waals surface area contributed by atoms with Gasteiger partial charge < -0.3 is 15.0 Å². The number of nitrogens with one attached hydrogen (secondary N) is 1. The number of carbonyl (C=O) groups excluding carboxylic acids is 1. The number of ether oxygens (including phenoxy) is 1. The highest BCUT2D eigenvalue weighted by Crippen LogP contribution is 2.33. The van der Waals surface area contributed by atoms with E-state index in [9.17, 15) is 4.79 Å². The van der Waals surface area contributed by atoms with Gasteiger partial charge in [0.25, 0.3) is 5.91 Å². The summed E-state index contributed by atoms with van der Waals surface area (Å²) >= 11 is 0. The van der Waals surface area contributed by atoms with Gasteiger partial charge in [-0.3, -0.25) is 4.79 Å². The topological polar surface area (TPSA) is 41.6 Å². The average molecular weight is 338 g/mol. The van der Waals surface area contributed by atoms with Gasteiger partial charge in [-0.15, -0.1) is 0 Å². The summed E-state index contributed by atoms with van der Waals surface area (Å²) in [5, 5.41) is 3.50. The van der Waals surface area contributed by atoms with Crippen LogP contribution in [-0.4, -0.2) is 24.0 Å². The Balaban J connectivity index is 1.82. The molecule has 1 unspecified atom stereocenters. The molecule has 1 amide bonds. The van der Waals surface area contributed by atoms with Gasteiger partial charge in [0.15, 0.2) is 0 Å². The van der Waals surface area contributed by atoms with Crippen LogP contribution in [0.3, 0.4) is 0 Å². The third-order valence-electron chi connectivity index (χ3n) is 4.55. The lowest BCUT2D eigenvalue weighted by atomic mass is 10.0. The number of fused-ring (bicyclic) bond motifs is 1. The molecule has 0 aromatic heterocycles.